The van der Waals surface area contributed by atoms with Crippen LogP contribution in [0.3, 0.4) is 0 Å². The van der Waals surface area contributed by atoms with Crippen LogP contribution in [0.15, 0.2) is 12.1 Å². The van der Waals surface area contributed by atoms with Crippen LogP contribution in [0.1, 0.15) is 11.1 Å². The molecular formula is C11H9ClF4N2O2S. The Labute approximate surface area is 123 Å². The highest BCUT2D eigenvalue weighted by Gasteiger charge is 2.33. The van der Waals surface area contributed by atoms with Gasteiger partial charge in [-0.1, -0.05) is 11.6 Å². The van der Waals surface area contributed by atoms with Crippen molar-refractivity contribution in [1.29, 1.82) is 5.26 Å². The van der Waals surface area contributed by atoms with E-state index >= 15 is 0 Å². The van der Waals surface area contributed by atoms with E-state index in [0.717, 1.165) is 7.05 Å². The minimum atomic E-state index is -4.83. The van der Waals surface area contributed by atoms with Crippen LogP contribution < -0.4 is 0 Å². The SMILES string of the molecule is CN(CC#N)S(=O)(=O)Cc1cc(C(F)(F)F)cc(F)c1Cl. The molecule has 10 heteroatoms. The topological polar surface area (TPSA) is 61.2 Å². The molecule has 0 unspecified atom stereocenters. The van der Waals surface area contributed by atoms with Crippen molar-refractivity contribution >= 4 is 21.6 Å². The summed E-state index contributed by atoms with van der Waals surface area (Å²) < 4.78 is 75.4. The number of nitrogens with zero attached hydrogens (tertiary/aromatic N) is 2. The van der Waals surface area contributed by atoms with Crippen LogP contribution in [0.25, 0.3) is 0 Å². The molecule has 116 valence electrons. The van der Waals surface area contributed by atoms with Crippen LogP contribution in [0, 0.1) is 17.1 Å². The fourth-order valence-electron chi connectivity index (χ4n) is 1.42. The molecule has 0 saturated carbocycles. The Morgan fingerprint density at radius 1 is 1.38 bits per heavy atom. The second-order valence-corrected chi connectivity index (χ2v) is 6.55. The minimum absolute atomic E-state index is 0.192. The average molecular weight is 345 g/mol. The Bertz CT molecular complexity index is 683. The Morgan fingerprint density at radius 2 is 1.95 bits per heavy atom. The third-order valence-corrected chi connectivity index (χ3v) is 4.71. The van der Waals surface area contributed by atoms with Gasteiger partial charge in [-0.05, 0) is 17.7 Å². The molecular weight excluding hydrogens is 336 g/mol. The molecule has 4 nitrogen and oxygen atoms in total. The van der Waals surface area contributed by atoms with Gasteiger partial charge in [-0.2, -0.15) is 22.7 Å². The summed E-state index contributed by atoms with van der Waals surface area (Å²) in [4.78, 5) is 0. The monoisotopic (exact) mass is 344 g/mol. The summed E-state index contributed by atoms with van der Waals surface area (Å²) in [6.45, 7) is -0.485. The van der Waals surface area contributed by atoms with E-state index in [-0.39, 0.29) is 6.07 Å². The van der Waals surface area contributed by atoms with E-state index in [1.165, 1.54) is 0 Å². The van der Waals surface area contributed by atoms with Crippen LogP contribution in [-0.2, 0) is 22.0 Å². The smallest absolute Gasteiger partial charge is 0.212 e. The molecule has 0 spiro atoms. The molecule has 0 aromatic heterocycles. The van der Waals surface area contributed by atoms with E-state index in [9.17, 15) is 26.0 Å². The fraction of sp³-hybridized carbons (Fsp3) is 0.364. The summed E-state index contributed by atoms with van der Waals surface area (Å²) in [5, 5.41) is 7.73. The van der Waals surface area contributed by atoms with E-state index < -0.39 is 50.5 Å². The van der Waals surface area contributed by atoms with Crippen LogP contribution >= 0.6 is 11.6 Å². The lowest BCUT2D eigenvalue weighted by Gasteiger charge is -2.16. The lowest BCUT2D eigenvalue weighted by Crippen LogP contribution is -2.28. The molecule has 0 amide bonds. The van der Waals surface area contributed by atoms with Crippen LogP contribution in [-0.4, -0.2) is 26.3 Å². The van der Waals surface area contributed by atoms with Gasteiger partial charge in [0.15, 0.2) is 0 Å². The highest BCUT2D eigenvalue weighted by atomic mass is 35.5. The zero-order valence-electron chi connectivity index (χ0n) is 10.6. The van der Waals surface area contributed by atoms with Gasteiger partial charge in [0.1, 0.15) is 12.4 Å². The van der Waals surface area contributed by atoms with Gasteiger partial charge in [0.05, 0.1) is 22.4 Å². The van der Waals surface area contributed by atoms with Crippen LogP contribution in [0.2, 0.25) is 5.02 Å². The van der Waals surface area contributed by atoms with Crippen molar-refractivity contribution in [1.82, 2.24) is 4.31 Å². The highest BCUT2D eigenvalue weighted by Crippen LogP contribution is 2.34. The molecule has 1 aromatic rings. The minimum Gasteiger partial charge on any atom is -0.212 e. The molecule has 0 bridgehead atoms. The number of benzene rings is 1. The van der Waals surface area contributed by atoms with Crippen molar-refractivity contribution < 1.29 is 26.0 Å². The number of hydrogen-bond acceptors (Lipinski definition) is 3. The van der Waals surface area contributed by atoms with E-state index in [2.05, 4.69) is 0 Å². The Morgan fingerprint density at radius 3 is 2.43 bits per heavy atom. The lowest BCUT2D eigenvalue weighted by molar-refractivity contribution is -0.137. The maximum atomic E-state index is 13.4. The molecule has 1 aromatic carbocycles. The zero-order chi connectivity index (χ0) is 16.4. The van der Waals surface area contributed by atoms with Gasteiger partial charge < -0.3 is 0 Å². The first-order valence-corrected chi connectivity index (χ1v) is 7.34. The largest absolute Gasteiger partial charge is 0.416 e. The van der Waals surface area contributed by atoms with Gasteiger partial charge in [-0.15, -0.1) is 0 Å². The standard InChI is InChI=1S/C11H9ClF4N2O2S/c1-18(3-2-17)21(19,20)6-7-4-8(11(14,15)16)5-9(13)10(7)12/h4-5H,3,6H2,1H3. The number of hydrogen-bond donors (Lipinski definition) is 0. The number of nitriles is 1. The molecule has 0 aliphatic rings. The van der Waals surface area contributed by atoms with Crippen molar-refractivity contribution in [3.8, 4) is 6.07 Å². The summed E-state index contributed by atoms with van der Waals surface area (Å²) in [5.74, 6) is -2.30. The van der Waals surface area contributed by atoms with Crippen molar-refractivity contribution in [3.05, 3.63) is 34.1 Å². The van der Waals surface area contributed by atoms with E-state index in [1.54, 1.807) is 6.07 Å². The number of rotatable bonds is 4. The first-order valence-electron chi connectivity index (χ1n) is 5.35. The summed E-state index contributed by atoms with van der Waals surface area (Å²) in [6.07, 6.45) is -4.83. The van der Waals surface area contributed by atoms with E-state index in [1.807, 2.05) is 0 Å². The lowest BCUT2D eigenvalue weighted by atomic mass is 10.1. The van der Waals surface area contributed by atoms with Crippen molar-refractivity contribution in [2.75, 3.05) is 13.6 Å². The first kappa shape index (κ1) is 17.7. The second kappa shape index (κ2) is 6.17. The molecule has 0 aliphatic carbocycles. The average Bonchev–Trinajstić information content (AvgIpc) is 2.33. The molecule has 21 heavy (non-hydrogen) atoms. The molecule has 1 rings (SSSR count). The van der Waals surface area contributed by atoms with Crippen molar-refractivity contribution in [2.24, 2.45) is 0 Å². The van der Waals surface area contributed by atoms with Gasteiger partial charge >= 0.3 is 6.18 Å². The third kappa shape index (κ3) is 4.30. The zero-order valence-corrected chi connectivity index (χ0v) is 12.2. The Hall–Kier alpha value is -1.37. The summed E-state index contributed by atoms with van der Waals surface area (Å²) in [6, 6.07) is 2.25. The maximum absolute atomic E-state index is 13.4. The van der Waals surface area contributed by atoms with E-state index in [0.29, 0.717) is 10.4 Å². The summed E-state index contributed by atoms with van der Waals surface area (Å²) >= 11 is 5.51. The quantitative estimate of drug-likeness (QED) is 0.623. The second-order valence-electron chi connectivity index (χ2n) is 4.10. The number of halogens is 5. The predicted octanol–water partition coefficient (Wildman–Crippen LogP) is 2.78. The number of alkyl halides is 3. The molecule has 0 N–H and O–H groups in total. The summed E-state index contributed by atoms with van der Waals surface area (Å²) in [7, 11) is -3.00. The van der Waals surface area contributed by atoms with Crippen LogP contribution in [0.5, 0.6) is 0 Å². The Kier molecular flexibility index (Phi) is 5.20. The Balaban J connectivity index is 3.26. The molecule has 0 radical (unpaired) electrons. The molecule has 0 saturated heterocycles. The predicted molar refractivity (Wildman–Crippen MR) is 67.3 cm³/mol. The molecule has 0 aliphatic heterocycles. The summed E-state index contributed by atoms with van der Waals surface area (Å²) in [5.41, 5.74) is -1.86. The number of sulfonamides is 1. The fourth-order valence-corrected chi connectivity index (χ4v) is 2.77. The molecule has 0 heterocycles. The third-order valence-electron chi connectivity index (χ3n) is 2.54. The van der Waals surface area contributed by atoms with Gasteiger partial charge in [-0.25, -0.2) is 12.8 Å². The van der Waals surface area contributed by atoms with Gasteiger partial charge in [0.2, 0.25) is 10.0 Å². The molecule has 0 fully saturated rings. The van der Waals surface area contributed by atoms with Crippen molar-refractivity contribution in [2.45, 2.75) is 11.9 Å². The highest BCUT2D eigenvalue weighted by molar-refractivity contribution is 7.88. The van der Waals surface area contributed by atoms with Gasteiger partial charge in [0.25, 0.3) is 0 Å². The van der Waals surface area contributed by atoms with Gasteiger partial charge in [-0.3, -0.25) is 0 Å². The van der Waals surface area contributed by atoms with Crippen LogP contribution in [0.4, 0.5) is 17.6 Å². The van der Waals surface area contributed by atoms with Gasteiger partial charge in [0, 0.05) is 7.05 Å². The first-order chi connectivity index (χ1) is 9.49. The normalized spacial score (nSPS) is 12.5. The van der Waals surface area contributed by atoms with E-state index in [4.69, 9.17) is 16.9 Å². The maximum Gasteiger partial charge on any atom is 0.416 e. The van der Waals surface area contributed by atoms with Crippen molar-refractivity contribution in [3.63, 3.8) is 0 Å². The molecule has 0 atom stereocenters.